The third kappa shape index (κ3) is 3.37. The molecule has 1 heterocycles. The Labute approximate surface area is 160 Å². The number of halogens is 1. The smallest absolute Gasteiger partial charge is 0.307 e. The summed E-state index contributed by atoms with van der Waals surface area (Å²) in [5.41, 5.74) is 3.77. The van der Waals surface area contributed by atoms with E-state index in [0.717, 1.165) is 16.2 Å². The maximum absolute atomic E-state index is 12.4. The fourth-order valence-corrected chi connectivity index (χ4v) is 3.11. The minimum absolute atomic E-state index is 0.191. The molecule has 5 nitrogen and oxygen atoms in total. The first-order valence-electron chi connectivity index (χ1n) is 8.24. The minimum atomic E-state index is -0.437. The first-order chi connectivity index (χ1) is 13.2. The van der Waals surface area contributed by atoms with E-state index in [1.165, 1.54) is 6.21 Å². The number of benzene rings is 3. The number of methoxy groups -OCH3 is 1. The van der Waals surface area contributed by atoms with Gasteiger partial charge in [0, 0.05) is 16.0 Å². The minimum Gasteiger partial charge on any atom is -0.496 e. The maximum atomic E-state index is 12.4. The number of rotatable bonds is 4. The summed E-state index contributed by atoms with van der Waals surface area (Å²) in [6.45, 7) is 0. The summed E-state index contributed by atoms with van der Waals surface area (Å²) in [5, 5.41) is 7.53. The number of ether oxygens (including phenoxy) is 1. The van der Waals surface area contributed by atoms with Crippen LogP contribution in [0, 0.1) is 0 Å². The van der Waals surface area contributed by atoms with Crippen molar-refractivity contribution in [1.29, 1.82) is 0 Å². The molecule has 1 N–H and O–H groups in total. The van der Waals surface area contributed by atoms with E-state index in [-0.39, 0.29) is 5.76 Å². The molecule has 134 valence electrons. The lowest BCUT2D eigenvalue weighted by molar-refractivity contribution is 0.0929. The molecule has 4 aromatic rings. The fraction of sp³-hybridized carbons (Fsp3) is 0.0476. The third-order valence-corrected chi connectivity index (χ3v) is 4.45. The number of amides is 1. The zero-order valence-corrected chi connectivity index (χ0v) is 15.2. The van der Waals surface area contributed by atoms with Crippen molar-refractivity contribution in [2.24, 2.45) is 5.10 Å². The molecule has 0 spiro atoms. The lowest BCUT2D eigenvalue weighted by Gasteiger charge is -2.04. The van der Waals surface area contributed by atoms with Gasteiger partial charge in [0.15, 0.2) is 5.76 Å². The fourth-order valence-electron chi connectivity index (χ4n) is 2.93. The van der Waals surface area contributed by atoms with Crippen molar-refractivity contribution in [1.82, 2.24) is 5.43 Å². The Hall–Kier alpha value is -3.31. The van der Waals surface area contributed by atoms with Gasteiger partial charge in [0.25, 0.3) is 0 Å². The first-order valence-corrected chi connectivity index (χ1v) is 8.62. The summed E-state index contributed by atoms with van der Waals surface area (Å²) in [7, 11) is 1.55. The van der Waals surface area contributed by atoms with Gasteiger partial charge in [0.05, 0.1) is 13.3 Å². The van der Waals surface area contributed by atoms with Crippen LogP contribution in [0.15, 0.2) is 70.2 Å². The predicted molar refractivity (Wildman–Crippen MR) is 107 cm³/mol. The molecule has 27 heavy (non-hydrogen) atoms. The van der Waals surface area contributed by atoms with Crippen molar-refractivity contribution in [3.05, 3.63) is 77.0 Å². The molecule has 1 aromatic heterocycles. The highest BCUT2D eigenvalue weighted by Gasteiger charge is 2.13. The van der Waals surface area contributed by atoms with E-state index in [4.69, 9.17) is 20.8 Å². The van der Waals surface area contributed by atoms with Gasteiger partial charge in [0.1, 0.15) is 11.3 Å². The van der Waals surface area contributed by atoms with Crippen LogP contribution in [-0.4, -0.2) is 19.2 Å². The molecule has 1 amide bonds. The van der Waals surface area contributed by atoms with Gasteiger partial charge in [-0.15, -0.1) is 0 Å². The number of nitrogens with one attached hydrogen (secondary N) is 1. The average Bonchev–Trinajstić information content (AvgIpc) is 3.13. The van der Waals surface area contributed by atoms with Gasteiger partial charge >= 0.3 is 5.91 Å². The Morgan fingerprint density at radius 1 is 1.11 bits per heavy atom. The Morgan fingerprint density at radius 3 is 2.81 bits per heavy atom. The third-order valence-electron chi connectivity index (χ3n) is 4.21. The molecule has 4 rings (SSSR count). The second-order valence-electron chi connectivity index (χ2n) is 5.89. The molecule has 0 fully saturated rings. The van der Waals surface area contributed by atoms with Crippen LogP contribution in [0.5, 0.6) is 5.75 Å². The first kappa shape index (κ1) is 17.1. The second-order valence-corrected chi connectivity index (χ2v) is 6.33. The molecule has 0 aliphatic carbocycles. The molecule has 0 saturated carbocycles. The number of carbonyl (C=O) groups is 1. The number of hydrogen-bond acceptors (Lipinski definition) is 4. The zero-order valence-electron chi connectivity index (χ0n) is 14.4. The summed E-state index contributed by atoms with van der Waals surface area (Å²) in [6, 6.07) is 18.6. The van der Waals surface area contributed by atoms with Crippen LogP contribution in [-0.2, 0) is 0 Å². The number of hydrogen-bond donors (Lipinski definition) is 1. The van der Waals surface area contributed by atoms with Gasteiger partial charge in [0.2, 0.25) is 0 Å². The number of carbonyl (C=O) groups excluding carboxylic acids is 1. The van der Waals surface area contributed by atoms with E-state index in [9.17, 15) is 4.79 Å². The van der Waals surface area contributed by atoms with Crippen molar-refractivity contribution in [2.75, 3.05) is 7.11 Å². The van der Waals surface area contributed by atoms with Crippen LogP contribution in [0.1, 0.15) is 16.1 Å². The van der Waals surface area contributed by atoms with Gasteiger partial charge in [-0.25, -0.2) is 5.43 Å². The van der Waals surface area contributed by atoms with Gasteiger partial charge < -0.3 is 9.15 Å². The zero-order chi connectivity index (χ0) is 18.8. The van der Waals surface area contributed by atoms with Crippen molar-refractivity contribution in [3.63, 3.8) is 0 Å². The van der Waals surface area contributed by atoms with Gasteiger partial charge in [-0.1, -0.05) is 41.9 Å². The summed E-state index contributed by atoms with van der Waals surface area (Å²) in [5.74, 6) is 0.358. The summed E-state index contributed by atoms with van der Waals surface area (Å²) in [6.07, 6.45) is 1.47. The van der Waals surface area contributed by atoms with Gasteiger partial charge in [-0.2, -0.15) is 5.10 Å². The van der Waals surface area contributed by atoms with Crippen molar-refractivity contribution in [2.45, 2.75) is 0 Å². The van der Waals surface area contributed by atoms with E-state index in [1.807, 2.05) is 36.4 Å². The van der Waals surface area contributed by atoms with E-state index < -0.39 is 5.91 Å². The quantitative estimate of drug-likeness (QED) is 0.401. The van der Waals surface area contributed by atoms with Crippen LogP contribution in [0.4, 0.5) is 0 Å². The van der Waals surface area contributed by atoms with Crippen molar-refractivity contribution in [3.8, 4) is 5.75 Å². The molecule has 6 heteroatoms. The normalized spacial score (nSPS) is 11.3. The lowest BCUT2D eigenvalue weighted by Crippen LogP contribution is -2.16. The highest BCUT2D eigenvalue weighted by Crippen LogP contribution is 2.28. The molecule has 0 aliphatic heterocycles. The van der Waals surface area contributed by atoms with E-state index in [1.54, 1.807) is 31.4 Å². The Balaban J connectivity index is 1.58. The van der Waals surface area contributed by atoms with Crippen LogP contribution >= 0.6 is 11.6 Å². The van der Waals surface area contributed by atoms with E-state index in [0.29, 0.717) is 21.9 Å². The Morgan fingerprint density at radius 2 is 1.96 bits per heavy atom. The number of furan rings is 1. The molecule has 0 aliphatic rings. The lowest BCUT2D eigenvalue weighted by atomic mass is 10.1. The Bertz CT molecular complexity index is 1180. The monoisotopic (exact) mass is 378 g/mol. The summed E-state index contributed by atoms with van der Waals surface area (Å²) >= 11 is 5.98. The number of nitrogens with zero attached hydrogens (tertiary/aromatic N) is 1. The molecule has 0 radical (unpaired) electrons. The number of hydrazone groups is 1. The summed E-state index contributed by atoms with van der Waals surface area (Å²) in [4.78, 5) is 12.4. The highest BCUT2D eigenvalue weighted by molar-refractivity contribution is 6.30. The molecular weight excluding hydrogens is 364 g/mol. The SMILES string of the molecule is COc1ccc(Cl)cc1/C=N/NC(=O)c1cc2c(ccc3ccccc32)o1. The van der Waals surface area contributed by atoms with Crippen LogP contribution in [0.3, 0.4) is 0 Å². The van der Waals surface area contributed by atoms with E-state index in [2.05, 4.69) is 10.5 Å². The Kier molecular flexibility index (Phi) is 4.52. The summed E-state index contributed by atoms with van der Waals surface area (Å²) < 4.78 is 10.9. The van der Waals surface area contributed by atoms with Crippen molar-refractivity contribution < 1.29 is 13.9 Å². The molecule has 0 saturated heterocycles. The maximum Gasteiger partial charge on any atom is 0.307 e. The molecule has 0 unspecified atom stereocenters. The second kappa shape index (κ2) is 7.13. The van der Waals surface area contributed by atoms with Crippen LogP contribution in [0.25, 0.3) is 21.7 Å². The van der Waals surface area contributed by atoms with Gasteiger partial charge in [-0.05, 0) is 41.1 Å². The average molecular weight is 379 g/mol. The van der Waals surface area contributed by atoms with E-state index >= 15 is 0 Å². The number of fused-ring (bicyclic) bond motifs is 3. The van der Waals surface area contributed by atoms with Gasteiger partial charge in [-0.3, -0.25) is 4.79 Å². The van der Waals surface area contributed by atoms with Crippen molar-refractivity contribution >= 4 is 45.5 Å². The predicted octanol–water partition coefficient (Wildman–Crippen LogP) is 5.01. The van der Waals surface area contributed by atoms with Crippen LogP contribution < -0.4 is 10.2 Å². The molecular formula is C21H15ClN2O3. The van der Waals surface area contributed by atoms with Crippen LogP contribution in [0.2, 0.25) is 5.02 Å². The standard InChI is InChI=1S/C21H15ClN2O3/c1-26-18-9-7-15(22)10-14(18)12-23-24-21(25)20-11-17-16-5-3-2-4-13(16)6-8-19(17)27-20/h2-12H,1H3,(H,24,25)/b23-12+. The largest absolute Gasteiger partial charge is 0.496 e. The molecule has 0 bridgehead atoms. The highest BCUT2D eigenvalue weighted by atomic mass is 35.5. The molecule has 0 atom stereocenters. The topological polar surface area (TPSA) is 63.8 Å². The molecule has 3 aromatic carbocycles.